The first kappa shape index (κ1) is 26.4. The lowest BCUT2D eigenvalue weighted by molar-refractivity contribution is 0.169. The van der Waals surface area contributed by atoms with Gasteiger partial charge < -0.3 is 24.4 Å². The maximum Gasteiger partial charge on any atom is 0.194 e. The van der Waals surface area contributed by atoms with E-state index in [0.29, 0.717) is 6.54 Å². The van der Waals surface area contributed by atoms with E-state index in [9.17, 15) is 0 Å². The van der Waals surface area contributed by atoms with Gasteiger partial charge in [-0.15, -0.1) is 24.0 Å². The van der Waals surface area contributed by atoms with Crippen LogP contribution < -0.4 is 10.1 Å². The molecule has 1 fully saturated rings. The Balaban J connectivity index is 0.00000363. The molecule has 0 radical (unpaired) electrons. The van der Waals surface area contributed by atoms with Crippen molar-refractivity contribution in [2.24, 2.45) is 4.99 Å². The van der Waals surface area contributed by atoms with Crippen LogP contribution in [0.2, 0.25) is 0 Å². The molecule has 2 aromatic rings. The summed E-state index contributed by atoms with van der Waals surface area (Å²) in [5, 5.41) is 7.45. The highest BCUT2D eigenvalue weighted by atomic mass is 127. The van der Waals surface area contributed by atoms with Gasteiger partial charge in [0.2, 0.25) is 0 Å². The third-order valence-corrected chi connectivity index (χ3v) is 5.24. The molecular weight excluding hydrogens is 519 g/mol. The molecule has 1 N–H and O–H groups in total. The van der Waals surface area contributed by atoms with Gasteiger partial charge in [0.05, 0.1) is 18.8 Å². The van der Waals surface area contributed by atoms with Crippen LogP contribution >= 0.6 is 24.0 Å². The van der Waals surface area contributed by atoms with Crippen LogP contribution in [-0.4, -0.2) is 85.8 Å². The molecule has 2 heterocycles. The number of aliphatic imine (C=N–C) groups is 1. The zero-order valence-corrected chi connectivity index (χ0v) is 21.8. The number of benzene rings is 1. The van der Waals surface area contributed by atoms with Gasteiger partial charge in [0, 0.05) is 51.9 Å². The largest absolute Gasteiger partial charge is 0.494 e. The SMILES string of the molecule is CCNC(=NCc1ccc(OCCCN(C)C)cc1)N1CCN(Cc2ccon2)CC1.I. The molecule has 3 rings (SSSR count). The minimum Gasteiger partial charge on any atom is -0.494 e. The Labute approximate surface area is 209 Å². The molecule has 0 unspecified atom stereocenters. The van der Waals surface area contributed by atoms with E-state index in [1.807, 2.05) is 18.2 Å². The van der Waals surface area contributed by atoms with E-state index in [0.717, 1.165) is 76.2 Å². The van der Waals surface area contributed by atoms with Gasteiger partial charge in [-0.3, -0.25) is 4.90 Å². The van der Waals surface area contributed by atoms with E-state index in [-0.39, 0.29) is 24.0 Å². The Bertz CT molecular complexity index is 774. The summed E-state index contributed by atoms with van der Waals surface area (Å²) >= 11 is 0. The summed E-state index contributed by atoms with van der Waals surface area (Å²) in [5.41, 5.74) is 2.17. The van der Waals surface area contributed by atoms with Gasteiger partial charge in [0.25, 0.3) is 0 Å². The Kier molecular flexibility index (Phi) is 11.8. The molecule has 1 aromatic heterocycles. The van der Waals surface area contributed by atoms with E-state index < -0.39 is 0 Å². The lowest BCUT2D eigenvalue weighted by Gasteiger charge is -2.36. The monoisotopic (exact) mass is 556 g/mol. The number of nitrogens with one attached hydrogen (secondary N) is 1. The van der Waals surface area contributed by atoms with Gasteiger partial charge in [0.1, 0.15) is 12.0 Å². The lowest BCUT2D eigenvalue weighted by Crippen LogP contribution is -2.52. The van der Waals surface area contributed by atoms with Crippen LogP contribution in [0.25, 0.3) is 0 Å². The average molecular weight is 556 g/mol. The molecular formula is C23H37IN6O2. The number of piperazine rings is 1. The van der Waals surface area contributed by atoms with Crippen molar-refractivity contribution in [3.8, 4) is 5.75 Å². The minimum atomic E-state index is 0. The van der Waals surface area contributed by atoms with Gasteiger partial charge in [-0.2, -0.15) is 0 Å². The molecule has 1 aliphatic rings. The number of guanidine groups is 1. The fraction of sp³-hybridized carbons (Fsp3) is 0.565. The summed E-state index contributed by atoms with van der Waals surface area (Å²) < 4.78 is 10.8. The number of rotatable bonds is 10. The topological polar surface area (TPSA) is 69.4 Å². The van der Waals surface area contributed by atoms with Crippen LogP contribution in [0, 0.1) is 0 Å². The number of nitrogens with zero attached hydrogens (tertiary/aromatic N) is 5. The molecule has 0 aliphatic carbocycles. The molecule has 32 heavy (non-hydrogen) atoms. The maximum absolute atomic E-state index is 5.82. The highest BCUT2D eigenvalue weighted by Crippen LogP contribution is 2.14. The van der Waals surface area contributed by atoms with Gasteiger partial charge in [-0.1, -0.05) is 17.3 Å². The Morgan fingerprint density at radius 1 is 1.16 bits per heavy atom. The molecule has 1 saturated heterocycles. The van der Waals surface area contributed by atoms with E-state index in [1.165, 1.54) is 5.56 Å². The molecule has 1 aliphatic heterocycles. The normalized spacial score (nSPS) is 15.0. The smallest absolute Gasteiger partial charge is 0.194 e. The minimum absolute atomic E-state index is 0. The van der Waals surface area contributed by atoms with Gasteiger partial charge >= 0.3 is 0 Å². The highest BCUT2D eigenvalue weighted by Gasteiger charge is 2.20. The van der Waals surface area contributed by atoms with Crippen LogP contribution in [0.5, 0.6) is 5.75 Å². The standard InChI is InChI=1S/C23H36N6O2.HI/c1-4-24-23(29-14-12-28(13-15-29)19-21-10-17-31-26-21)25-18-20-6-8-22(9-7-20)30-16-5-11-27(2)3;/h6-10,17H,4-5,11-16,18-19H2,1-3H3,(H,24,25);1H. The van der Waals surface area contributed by atoms with Gasteiger partial charge in [0.15, 0.2) is 5.96 Å². The second-order valence-corrected chi connectivity index (χ2v) is 8.07. The lowest BCUT2D eigenvalue weighted by atomic mass is 10.2. The van der Waals surface area contributed by atoms with Crippen LogP contribution in [0.4, 0.5) is 0 Å². The molecule has 0 atom stereocenters. The fourth-order valence-electron chi connectivity index (χ4n) is 3.52. The summed E-state index contributed by atoms with van der Waals surface area (Å²) in [5.74, 6) is 1.90. The molecule has 178 valence electrons. The first-order valence-electron chi connectivity index (χ1n) is 11.2. The molecule has 0 saturated carbocycles. The van der Waals surface area contributed by atoms with Crippen molar-refractivity contribution in [3.05, 3.63) is 47.9 Å². The zero-order chi connectivity index (χ0) is 21.9. The van der Waals surface area contributed by atoms with E-state index in [4.69, 9.17) is 14.3 Å². The van der Waals surface area contributed by atoms with Gasteiger partial charge in [-0.25, -0.2) is 4.99 Å². The Morgan fingerprint density at radius 2 is 1.91 bits per heavy atom. The number of aromatic nitrogens is 1. The van der Waals surface area contributed by atoms with Crippen molar-refractivity contribution in [1.29, 1.82) is 0 Å². The van der Waals surface area contributed by atoms with E-state index in [2.05, 4.69) is 58.3 Å². The number of ether oxygens (including phenoxy) is 1. The van der Waals surface area contributed by atoms with Crippen LogP contribution in [0.1, 0.15) is 24.6 Å². The molecule has 0 bridgehead atoms. The third kappa shape index (κ3) is 8.95. The molecule has 0 spiro atoms. The van der Waals surface area contributed by atoms with Crippen molar-refractivity contribution in [2.45, 2.75) is 26.4 Å². The zero-order valence-electron chi connectivity index (χ0n) is 19.5. The van der Waals surface area contributed by atoms with Gasteiger partial charge in [-0.05, 0) is 45.1 Å². The molecule has 9 heteroatoms. The maximum atomic E-state index is 5.82. The predicted octanol–water partition coefficient (Wildman–Crippen LogP) is 2.91. The second-order valence-electron chi connectivity index (χ2n) is 8.07. The van der Waals surface area contributed by atoms with Crippen molar-refractivity contribution >= 4 is 29.9 Å². The summed E-state index contributed by atoms with van der Waals surface area (Å²) in [6.45, 7) is 10.1. The number of hydrogen-bond donors (Lipinski definition) is 1. The van der Waals surface area contributed by atoms with Crippen LogP contribution in [0.3, 0.4) is 0 Å². The summed E-state index contributed by atoms with van der Waals surface area (Å²) in [6.07, 6.45) is 2.66. The molecule has 0 amide bonds. The predicted molar refractivity (Wildman–Crippen MR) is 139 cm³/mol. The van der Waals surface area contributed by atoms with Crippen molar-refractivity contribution < 1.29 is 9.26 Å². The number of halogens is 1. The van der Waals surface area contributed by atoms with Crippen molar-refractivity contribution in [2.75, 3.05) is 60.0 Å². The fourth-order valence-corrected chi connectivity index (χ4v) is 3.52. The quantitative estimate of drug-likeness (QED) is 0.209. The van der Waals surface area contributed by atoms with Crippen LogP contribution in [0.15, 0.2) is 46.1 Å². The Hall–Kier alpha value is -1.85. The van der Waals surface area contributed by atoms with Crippen molar-refractivity contribution in [3.63, 3.8) is 0 Å². The van der Waals surface area contributed by atoms with Crippen LogP contribution in [-0.2, 0) is 13.1 Å². The summed E-state index contributed by atoms with van der Waals surface area (Å²) in [7, 11) is 4.16. The highest BCUT2D eigenvalue weighted by molar-refractivity contribution is 14.0. The first-order valence-corrected chi connectivity index (χ1v) is 11.2. The summed E-state index contributed by atoms with van der Waals surface area (Å²) in [4.78, 5) is 11.8. The third-order valence-electron chi connectivity index (χ3n) is 5.24. The average Bonchev–Trinajstić information content (AvgIpc) is 3.29. The van der Waals surface area contributed by atoms with E-state index >= 15 is 0 Å². The second kappa shape index (κ2) is 14.3. The van der Waals surface area contributed by atoms with E-state index in [1.54, 1.807) is 6.26 Å². The summed E-state index contributed by atoms with van der Waals surface area (Å²) in [6, 6.07) is 10.2. The number of hydrogen-bond acceptors (Lipinski definition) is 6. The Morgan fingerprint density at radius 3 is 2.53 bits per heavy atom. The van der Waals surface area contributed by atoms with Crippen molar-refractivity contribution in [1.82, 2.24) is 25.2 Å². The first-order chi connectivity index (χ1) is 15.1. The molecule has 8 nitrogen and oxygen atoms in total. The molecule has 1 aromatic carbocycles.